The zero-order valence-electron chi connectivity index (χ0n) is 14.6. The number of aryl methyl sites for hydroxylation is 2. The quantitative estimate of drug-likeness (QED) is 0.657. The molecule has 0 heterocycles. The third kappa shape index (κ3) is 5.11. The van der Waals surface area contributed by atoms with Crippen LogP contribution in [0.1, 0.15) is 60.9 Å². The molecule has 2 aromatic rings. The largest absolute Gasteiger partial charge is 0.488 e. The van der Waals surface area contributed by atoms with E-state index in [1.807, 2.05) is 18.2 Å². The topological polar surface area (TPSA) is 35.2 Å². The van der Waals surface area contributed by atoms with Gasteiger partial charge >= 0.3 is 0 Å². The van der Waals surface area contributed by atoms with E-state index in [2.05, 4.69) is 45.0 Å². The Morgan fingerprint density at radius 3 is 2.26 bits per heavy atom. The first-order valence-corrected chi connectivity index (χ1v) is 8.65. The lowest BCUT2D eigenvalue weighted by Crippen LogP contribution is -2.11. The second kappa shape index (κ2) is 8.73. The Hall–Kier alpha value is -1.80. The van der Waals surface area contributed by atoms with Crippen LogP contribution >= 0.6 is 0 Å². The van der Waals surface area contributed by atoms with E-state index >= 15 is 0 Å². The number of benzene rings is 2. The molecule has 124 valence electrons. The van der Waals surface area contributed by atoms with Gasteiger partial charge in [-0.05, 0) is 42.5 Å². The van der Waals surface area contributed by atoms with Gasteiger partial charge in [0.15, 0.2) is 0 Å². The minimum absolute atomic E-state index is 0.127. The average Bonchev–Trinajstić information content (AvgIpc) is 2.55. The first kappa shape index (κ1) is 17.6. The summed E-state index contributed by atoms with van der Waals surface area (Å²) in [6, 6.07) is 14.8. The fourth-order valence-electron chi connectivity index (χ4n) is 2.94. The lowest BCUT2D eigenvalue weighted by molar-refractivity contribution is 0.302. The zero-order chi connectivity index (χ0) is 16.7. The van der Waals surface area contributed by atoms with Crippen LogP contribution in [-0.2, 0) is 6.61 Å². The highest BCUT2D eigenvalue weighted by atomic mass is 16.5. The molecule has 0 saturated heterocycles. The van der Waals surface area contributed by atoms with Crippen molar-refractivity contribution in [3.05, 3.63) is 64.7 Å². The van der Waals surface area contributed by atoms with Crippen LogP contribution in [0, 0.1) is 13.8 Å². The van der Waals surface area contributed by atoms with E-state index in [9.17, 15) is 0 Å². The standard InChI is InChI=1S/C21H29NO/c1-4-5-7-12-20(22)19-13-16(2)21(17(3)14-19)23-15-18-10-8-6-9-11-18/h6,8-11,13-14,20H,4-5,7,12,15,22H2,1-3H3/t20-/m0/s1. The van der Waals surface area contributed by atoms with Crippen LogP contribution in [0.15, 0.2) is 42.5 Å². The molecule has 23 heavy (non-hydrogen) atoms. The summed E-state index contributed by atoms with van der Waals surface area (Å²) in [6.45, 7) is 7.04. The van der Waals surface area contributed by atoms with Crippen molar-refractivity contribution in [2.75, 3.05) is 0 Å². The molecule has 1 atom stereocenters. The molecule has 2 heteroatoms. The first-order valence-electron chi connectivity index (χ1n) is 8.65. The second-order valence-corrected chi connectivity index (χ2v) is 6.36. The molecular weight excluding hydrogens is 282 g/mol. The third-order valence-corrected chi connectivity index (χ3v) is 4.26. The van der Waals surface area contributed by atoms with Crippen LogP contribution in [0.3, 0.4) is 0 Å². The van der Waals surface area contributed by atoms with Crippen molar-refractivity contribution in [3.8, 4) is 5.75 Å². The Morgan fingerprint density at radius 2 is 1.65 bits per heavy atom. The predicted molar refractivity (Wildman–Crippen MR) is 97.8 cm³/mol. The maximum Gasteiger partial charge on any atom is 0.125 e. The highest BCUT2D eigenvalue weighted by Crippen LogP contribution is 2.29. The van der Waals surface area contributed by atoms with E-state index in [-0.39, 0.29) is 6.04 Å². The molecule has 0 aliphatic heterocycles. The number of hydrogen-bond acceptors (Lipinski definition) is 2. The van der Waals surface area contributed by atoms with Crippen LogP contribution in [-0.4, -0.2) is 0 Å². The summed E-state index contributed by atoms with van der Waals surface area (Å²) in [5.41, 5.74) is 11.1. The molecule has 0 saturated carbocycles. The van der Waals surface area contributed by atoms with Gasteiger partial charge in [0, 0.05) is 6.04 Å². The van der Waals surface area contributed by atoms with Crippen molar-refractivity contribution < 1.29 is 4.74 Å². The van der Waals surface area contributed by atoms with Crippen LogP contribution in [0.5, 0.6) is 5.75 Å². The van der Waals surface area contributed by atoms with Gasteiger partial charge in [-0.15, -0.1) is 0 Å². The molecule has 2 aromatic carbocycles. The smallest absolute Gasteiger partial charge is 0.125 e. The van der Waals surface area contributed by atoms with Crippen LogP contribution < -0.4 is 10.5 Å². The minimum atomic E-state index is 0.127. The number of unbranched alkanes of at least 4 members (excludes halogenated alkanes) is 2. The first-order chi connectivity index (χ1) is 11.1. The molecule has 0 spiro atoms. The van der Waals surface area contributed by atoms with Gasteiger partial charge in [-0.3, -0.25) is 0 Å². The van der Waals surface area contributed by atoms with Gasteiger partial charge in [-0.1, -0.05) is 68.7 Å². The number of rotatable bonds is 8. The molecular formula is C21H29NO. The van der Waals surface area contributed by atoms with E-state index in [0.29, 0.717) is 6.61 Å². The normalized spacial score (nSPS) is 12.2. The van der Waals surface area contributed by atoms with Crippen molar-refractivity contribution in [1.82, 2.24) is 0 Å². The molecule has 0 aromatic heterocycles. The minimum Gasteiger partial charge on any atom is -0.488 e. The van der Waals surface area contributed by atoms with Crippen molar-refractivity contribution in [2.24, 2.45) is 5.73 Å². The molecule has 0 radical (unpaired) electrons. The molecule has 0 aliphatic rings. The summed E-state index contributed by atoms with van der Waals surface area (Å²) in [5, 5.41) is 0. The van der Waals surface area contributed by atoms with Crippen molar-refractivity contribution in [3.63, 3.8) is 0 Å². The average molecular weight is 311 g/mol. The fraction of sp³-hybridized carbons (Fsp3) is 0.429. The number of nitrogens with two attached hydrogens (primary N) is 1. The Bertz CT molecular complexity index is 583. The number of ether oxygens (including phenoxy) is 1. The van der Waals surface area contributed by atoms with Gasteiger partial charge in [0.1, 0.15) is 12.4 Å². The molecule has 0 unspecified atom stereocenters. The van der Waals surface area contributed by atoms with Gasteiger partial charge in [-0.2, -0.15) is 0 Å². The van der Waals surface area contributed by atoms with Crippen LogP contribution in [0.2, 0.25) is 0 Å². The Morgan fingerprint density at radius 1 is 1.00 bits per heavy atom. The van der Waals surface area contributed by atoms with Gasteiger partial charge in [0.2, 0.25) is 0 Å². The molecule has 2 rings (SSSR count). The van der Waals surface area contributed by atoms with E-state index in [1.54, 1.807) is 0 Å². The van der Waals surface area contributed by atoms with Crippen LogP contribution in [0.4, 0.5) is 0 Å². The molecule has 2 N–H and O–H groups in total. The van der Waals surface area contributed by atoms with Crippen LogP contribution in [0.25, 0.3) is 0 Å². The molecule has 2 nitrogen and oxygen atoms in total. The molecule has 0 bridgehead atoms. The monoisotopic (exact) mass is 311 g/mol. The SMILES string of the molecule is CCCCC[C@H](N)c1cc(C)c(OCc2ccccc2)c(C)c1. The van der Waals surface area contributed by atoms with Crippen molar-refractivity contribution in [2.45, 2.75) is 59.1 Å². The molecule has 0 fully saturated rings. The zero-order valence-corrected chi connectivity index (χ0v) is 14.6. The van der Waals surface area contributed by atoms with Crippen molar-refractivity contribution >= 4 is 0 Å². The maximum atomic E-state index is 6.35. The highest BCUT2D eigenvalue weighted by Gasteiger charge is 2.11. The fourth-order valence-corrected chi connectivity index (χ4v) is 2.94. The van der Waals surface area contributed by atoms with Gasteiger partial charge < -0.3 is 10.5 Å². The summed E-state index contributed by atoms with van der Waals surface area (Å²) in [4.78, 5) is 0. The summed E-state index contributed by atoms with van der Waals surface area (Å²) in [5.74, 6) is 0.985. The van der Waals surface area contributed by atoms with E-state index in [0.717, 1.165) is 12.2 Å². The van der Waals surface area contributed by atoms with Gasteiger partial charge in [0.25, 0.3) is 0 Å². The lowest BCUT2D eigenvalue weighted by Gasteiger charge is -2.17. The van der Waals surface area contributed by atoms with E-state index in [1.165, 1.54) is 41.5 Å². The maximum absolute atomic E-state index is 6.35. The Labute approximate surface area is 140 Å². The number of hydrogen-bond donors (Lipinski definition) is 1. The van der Waals surface area contributed by atoms with Gasteiger partial charge in [-0.25, -0.2) is 0 Å². The van der Waals surface area contributed by atoms with E-state index < -0.39 is 0 Å². The Balaban J connectivity index is 2.04. The predicted octanol–water partition coefficient (Wildman–Crippen LogP) is 5.46. The Kier molecular flexibility index (Phi) is 6.66. The lowest BCUT2D eigenvalue weighted by atomic mass is 9.97. The third-order valence-electron chi connectivity index (χ3n) is 4.26. The summed E-state index contributed by atoms with van der Waals surface area (Å²) >= 11 is 0. The highest BCUT2D eigenvalue weighted by molar-refractivity contribution is 5.44. The summed E-state index contributed by atoms with van der Waals surface area (Å²) in [7, 11) is 0. The second-order valence-electron chi connectivity index (χ2n) is 6.36. The molecule has 0 aliphatic carbocycles. The molecule has 0 amide bonds. The van der Waals surface area contributed by atoms with Crippen molar-refractivity contribution in [1.29, 1.82) is 0 Å². The van der Waals surface area contributed by atoms with Gasteiger partial charge in [0.05, 0.1) is 0 Å². The van der Waals surface area contributed by atoms with E-state index in [4.69, 9.17) is 10.5 Å². The summed E-state index contributed by atoms with van der Waals surface area (Å²) in [6.07, 6.45) is 4.74. The summed E-state index contributed by atoms with van der Waals surface area (Å²) < 4.78 is 6.05.